The highest BCUT2D eigenvalue weighted by Gasteiger charge is 2.08. The Balaban J connectivity index is 2.62. The third-order valence-electron chi connectivity index (χ3n) is 2.56. The Labute approximate surface area is 110 Å². The number of nitrogens with one attached hydrogen (secondary N) is 1. The van der Waals surface area contributed by atoms with Gasteiger partial charge < -0.3 is 16.9 Å². The first-order valence-electron chi connectivity index (χ1n) is 5.29. The van der Waals surface area contributed by atoms with Crippen LogP contribution in [-0.4, -0.2) is 16.2 Å². The number of hydrogen-bond donors (Lipinski definition) is 3. The van der Waals surface area contributed by atoms with Crippen molar-refractivity contribution in [1.82, 2.24) is 4.98 Å². The molecule has 0 saturated heterocycles. The fraction of sp³-hybridized carbons (Fsp3) is 0. The summed E-state index contributed by atoms with van der Waals surface area (Å²) in [4.78, 5) is 4.61. The van der Waals surface area contributed by atoms with Crippen LogP contribution in [0.4, 0.5) is 5.69 Å². The summed E-state index contributed by atoms with van der Waals surface area (Å²) in [5.41, 5.74) is 14.6. The fourth-order valence-corrected chi connectivity index (χ4v) is 1.80. The van der Waals surface area contributed by atoms with Crippen LogP contribution in [0.25, 0.3) is 11.3 Å². The maximum absolute atomic E-state index is 7.43. The van der Waals surface area contributed by atoms with Crippen LogP contribution in [0.3, 0.4) is 0 Å². The Kier molecular flexibility index (Phi) is 3.34. The maximum Gasteiger partial charge on any atom is 0.122 e. The van der Waals surface area contributed by atoms with Crippen molar-refractivity contribution in [2.75, 3.05) is 5.73 Å². The molecule has 1 heterocycles. The van der Waals surface area contributed by atoms with Crippen molar-refractivity contribution >= 4 is 29.1 Å². The highest BCUT2D eigenvalue weighted by molar-refractivity contribution is 7.80. The highest BCUT2D eigenvalue weighted by Crippen LogP contribution is 2.25. The molecule has 2 rings (SSSR count). The lowest BCUT2D eigenvalue weighted by Gasteiger charge is -2.08. The van der Waals surface area contributed by atoms with Gasteiger partial charge in [-0.05, 0) is 18.2 Å². The van der Waals surface area contributed by atoms with E-state index in [0.29, 0.717) is 22.6 Å². The second-order valence-corrected chi connectivity index (χ2v) is 4.16. The summed E-state index contributed by atoms with van der Waals surface area (Å²) in [6.45, 7) is 0. The van der Waals surface area contributed by atoms with E-state index in [1.165, 1.54) is 6.21 Å². The molecule has 0 aliphatic rings. The van der Waals surface area contributed by atoms with E-state index in [0.717, 1.165) is 5.56 Å². The molecule has 0 aliphatic carbocycles. The Hall–Kier alpha value is -2.27. The van der Waals surface area contributed by atoms with Crippen LogP contribution in [-0.2, 0) is 0 Å². The molecule has 18 heavy (non-hydrogen) atoms. The molecule has 0 bridgehead atoms. The van der Waals surface area contributed by atoms with Gasteiger partial charge in [0, 0.05) is 23.0 Å². The van der Waals surface area contributed by atoms with E-state index in [4.69, 9.17) is 29.1 Å². The van der Waals surface area contributed by atoms with Gasteiger partial charge in [0.15, 0.2) is 0 Å². The summed E-state index contributed by atoms with van der Waals surface area (Å²) in [6, 6.07) is 10.9. The van der Waals surface area contributed by atoms with Crippen LogP contribution in [0.15, 0.2) is 36.4 Å². The average Bonchev–Trinajstić information content (AvgIpc) is 2.38. The molecular weight excluding hydrogens is 244 g/mol. The largest absolute Gasteiger partial charge is 0.398 e. The van der Waals surface area contributed by atoms with Crippen molar-refractivity contribution in [3.8, 4) is 11.3 Å². The zero-order chi connectivity index (χ0) is 13.1. The SMILES string of the molecule is N=Cc1c(N)cccc1-c1cccc(C(N)=S)n1. The number of nitrogens with zero attached hydrogens (tertiary/aromatic N) is 1. The van der Waals surface area contributed by atoms with Gasteiger partial charge in [-0.2, -0.15) is 0 Å². The van der Waals surface area contributed by atoms with Gasteiger partial charge in [0.2, 0.25) is 0 Å². The molecule has 0 aliphatic heterocycles. The highest BCUT2D eigenvalue weighted by atomic mass is 32.1. The summed E-state index contributed by atoms with van der Waals surface area (Å²) in [7, 11) is 0. The summed E-state index contributed by atoms with van der Waals surface area (Å²) >= 11 is 4.90. The van der Waals surface area contributed by atoms with Crippen molar-refractivity contribution in [3.63, 3.8) is 0 Å². The van der Waals surface area contributed by atoms with Crippen LogP contribution in [0.1, 0.15) is 11.3 Å². The van der Waals surface area contributed by atoms with Gasteiger partial charge in [0.05, 0.1) is 11.4 Å². The zero-order valence-electron chi connectivity index (χ0n) is 9.55. The number of anilines is 1. The Morgan fingerprint density at radius 2 is 1.94 bits per heavy atom. The number of thiocarbonyl (C=S) groups is 1. The van der Waals surface area contributed by atoms with Crippen molar-refractivity contribution in [2.24, 2.45) is 5.73 Å². The molecular formula is C13H12N4S. The van der Waals surface area contributed by atoms with Gasteiger partial charge in [-0.25, -0.2) is 4.98 Å². The smallest absolute Gasteiger partial charge is 0.122 e. The van der Waals surface area contributed by atoms with Crippen molar-refractivity contribution < 1.29 is 0 Å². The minimum Gasteiger partial charge on any atom is -0.398 e. The minimum absolute atomic E-state index is 0.247. The summed E-state index contributed by atoms with van der Waals surface area (Å²) < 4.78 is 0. The van der Waals surface area contributed by atoms with Crippen LogP contribution in [0.5, 0.6) is 0 Å². The molecule has 5 heteroatoms. The first kappa shape index (κ1) is 12.2. The Morgan fingerprint density at radius 3 is 2.61 bits per heavy atom. The third-order valence-corrected chi connectivity index (χ3v) is 2.77. The van der Waals surface area contributed by atoms with E-state index >= 15 is 0 Å². The first-order valence-corrected chi connectivity index (χ1v) is 5.70. The summed E-state index contributed by atoms with van der Waals surface area (Å²) in [6.07, 6.45) is 1.22. The van der Waals surface area contributed by atoms with Crippen LogP contribution < -0.4 is 11.5 Å². The van der Waals surface area contributed by atoms with E-state index in [-0.39, 0.29) is 4.99 Å². The third kappa shape index (κ3) is 2.21. The van der Waals surface area contributed by atoms with Crippen LogP contribution in [0.2, 0.25) is 0 Å². The van der Waals surface area contributed by atoms with Gasteiger partial charge in [-0.15, -0.1) is 0 Å². The molecule has 1 aromatic heterocycles. The summed E-state index contributed by atoms with van der Waals surface area (Å²) in [5.74, 6) is 0. The number of nitrogen functional groups attached to an aromatic ring is 1. The van der Waals surface area contributed by atoms with Gasteiger partial charge in [0.25, 0.3) is 0 Å². The molecule has 90 valence electrons. The molecule has 1 aromatic carbocycles. The molecule has 4 nitrogen and oxygen atoms in total. The average molecular weight is 256 g/mol. The summed E-state index contributed by atoms with van der Waals surface area (Å²) in [5, 5.41) is 7.43. The molecule has 0 spiro atoms. The maximum atomic E-state index is 7.43. The second-order valence-electron chi connectivity index (χ2n) is 3.73. The van der Waals surface area contributed by atoms with E-state index in [2.05, 4.69) is 4.98 Å². The molecule has 0 amide bonds. The van der Waals surface area contributed by atoms with Gasteiger partial charge in [0.1, 0.15) is 4.99 Å². The molecule has 0 unspecified atom stereocenters. The second kappa shape index (κ2) is 4.93. The molecule has 0 fully saturated rings. The molecule has 0 saturated carbocycles. The van der Waals surface area contributed by atoms with E-state index in [9.17, 15) is 0 Å². The predicted octanol–water partition coefficient (Wildman–Crippen LogP) is 1.96. The molecule has 5 N–H and O–H groups in total. The minimum atomic E-state index is 0.247. The number of rotatable bonds is 3. The standard InChI is InChI=1S/C13H12N4S/c14-7-9-8(3-1-4-10(9)15)11-5-2-6-12(17-11)13(16)18/h1-7,14H,15H2,(H2,16,18). The van der Waals surface area contributed by atoms with E-state index in [1.807, 2.05) is 24.3 Å². The van der Waals surface area contributed by atoms with Crippen molar-refractivity contribution in [3.05, 3.63) is 47.7 Å². The lowest BCUT2D eigenvalue weighted by molar-refractivity contribution is 1.29. The van der Waals surface area contributed by atoms with Crippen molar-refractivity contribution in [2.45, 2.75) is 0 Å². The monoisotopic (exact) mass is 256 g/mol. The normalized spacial score (nSPS) is 10.0. The van der Waals surface area contributed by atoms with Gasteiger partial charge in [-0.1, -0.05) is 30.4 Å². The quantitative estimate of drug-likeness (QED) is 0.445. The van der Waals surface area contributed by atoms with E-state index in [1.54, 1.807) is 12.1 Å². The zero-order valence-corrected chi connectivity index (χ0v) is 10.4. The number of nitrogens with two attached hydrogens (primary N) is 2. The number of hydrogen-bond acceptors (Lipinski definition) is 4. The first-order chi connectivity index (χ1) is 8.63. The lowest BCUT2D eigenvalue weighted by Crippen LogP contribution is -2.11. The van der Waals surface area contributed by atoms with Crippen molar-refractivity contribution in [1.29, 1.82) is 5.41 Å². The Bertz CT molecular complexity index is 622. The fourth-order valence-electron chi connectivity index (χ4n) is 1.69. The van der Waals surface area contributed by atoms with E-state index < -0.39 is 0 Å². The Morgan fingerprint density at radius 1 is 1.22 bits per heavy atom. The predicted molar refractivity (Wildman–Crippen MR) is 77.9 cm³/mol. The molecule has 2 aromatic rings. The molecule has 0 atom stereocenters. The number of benzene rings is 1. The van der Waals surface area contributed by atoms with Crippen LogP contribution >= 0.6 is 12.2 Å². The molecule has 0 radical (unpaired) electrons. The van der Waals surface area contributed by atoms with Crippen LogP contribution in [0, 0.1) is 5.41 Å². The number of pyridine rings is 1. The topological polar surface area (TPSA) is 88.8 Å². The number of aromatic nitrogens is 1. The van der Waals surface area contributed by atoms with Gasteiger partial charge >= 0.3 is 0 Å². The van der Waals surface area contributed by atoms with Gasteiger partial charge in [-0.3, -0.25) is 0 Å². The lowest BCUT2D eigenvalue weighted by atomic mass is 10.0.